The first-order valence-electron chi connectivity index (χ1n) is 7.02. The summed E-state index contributed by atoms with van der Waals surface area (Å²) in [7, 11) is 1.44. The number of rotatable bonds is 7. The summed E-state index contributed by atoms with van der Waals surface area (Å²) in [6.07, 6.45) is 3.27. The second-order valence-corrected chi connectivity index (χ2v) is 6.95. The molecule has 1 saturated heterocycles. The molecule has 0 saturated carbocycles. The fourth-order valence-electron chi connectivity index (χ4n) is 2.04. The van der Waals surface area contributed by atoms with E-state index in [1.807, 2.05) is 0 Å². The highest BCUT2D eigenvalue weighted by Gasteiger charge is 2.31. The molecule has 0 aromatic heterocycles. The van der Waals surface area contributed by atoms with Gasteiger partial charge in [-0.1, -0.05) is 41.7 Å². The number of hydrogen-bond donors (Lipinski definition) is 1. The molecule has 1 fully saturated rings. The largest absolute Gasteiger partial charge is 0.493 e. The molecule has 0 bridgehead atoms. The van der Waals surface area contributed by atoms with Gasteiger partial charge in [0, 0.05) is 6.54 Å². The van der Waals surface area contributed by atoms with Crippen molar-refractivity contribution in [1.29, 1.82) is 0 Å². The number of thiocarbonyl (C=S) groups is 1. The maximum Gasteiger partial charge on any atom is 0.266 e. The van der Waals surface area contributed by atoms with Gasteiger partial charge in [0.15, 0.2) is 18.1 Å². The zero-order chi connectivity index (χ0) is 18.6. The first-order chi connectivity index (χ1) is 11.9. The molecule has 9 heteroatoms. The van der Waals surface area contributed by atoms with E-state index in [-0.39, 0.29) is 23.3 Å². The lowest BCUT2D eigenvalue weighted by molar-refractivity contribution is -0.122. The molecular formula is C16H15ClN2O4S2. The van der Waals surface area contributed by atoms with Gasteiger partial charge in [0.25, 0.3) is 11.8 Å². The highest BCUT2D eigenvalue weighted by atomic mass is 35.5. The van der Waals surface area contributed by atoms with Crippen LogP contribution in [-0.2, 0) is 9.59 Å². The van der Waals surface area contributed by atoms with Crippen LogP contribution in [0.3, 0.4) is 0 Å². The van der Waals surface area contributed by atoms with Gasteiger partial charge < -0.3 is 15.2 Å². The monoisotopic (exact) mass is 398 g/mol. The molecule has 25 heavy (non-hydrogen) atoms. The van der Waals surface area contributed by atoms with Crippen molar-refractivity contribution in [3.8, 4) is 11.5 Å². The summed E-state index contributed by atoms with van der Waals surface area (Å²) in [6, 6.07) is 3.24. The van der Waals surface area contributed by atoms with E-state index in [1.54, 1.807) is 24.3 Å². The van der Waals surface area contributed by atoms with Gasteiger partial charge in [-0.25, -0.2) is 0 Å². The molecule has 132 valence electrons. The summed E-state index contributed by atoms with van der Waals surface area (Å²) in [5, 5.41) is 0.230. The van der Waals surface area contributed by atoms with E-state index in [0.29, 0.717) is 27.1 Å². The van der Waals surface area contributed by atoms with Crippen molar-refractivity contribution in [2.24, 2.45) is 5.73 Å². The minimum atomic E-state index is -0.631. The molecule has 0 radical (unpaired) electrons. The third-order valence-corrected chi connectivity index (χ3v) is 4.75. The van der Waals surface area contributed by atoms with Gasteiger partial charge in [0.1, 0.15) is 4.32 Å². The quantitative estimate of drug-likeness (QED) is 0.432. The van der Waals surface area contributed by atoms with Gasteiger partial charge in [0.05, 0.1) is 17.0 Å². The normalized spacial score (nSPS) is 15.6. The predicted molar refractivity (Wildman–Crippen MR) is 103 cm³/mol. The molecule has 1 aliphatic rings. The van der Waals surface area contributed by atoms with Crippen LogP contribution in [0.5, 0.6) is 11.5 Å². The van der Waals surface area contributed by atoms with Gasteiger partial charge in [0.2, 0.25) is 0 Å². The van der Waals surface area contributed by atoms with Crippen LogP contribution >= 0.6 is 35.6 Å². The van der Waals surface area contributed by atoms with E-state index >= 15 is 0 Å². The zero-order valence-corrected chi connectivity index (χ0v) is 15.7. The number of ether oxygens (including phenoxy) is 2. The number of halogens is 1. The van der Waals surface area contributed by atoms with Gasteiger partial charge in [-0.3, -0.25) is 14.5 Å². The summed E-state index contributed by atoms with van der Waals surface area (Å²) in [4.78, 5) is 25.2. The Hall–Kier alpha value is -2.03. The van der Waals surface area contributed by atoms with Gasteiger partial charge in [-0.15, -0.1) is 6.58 Å². The lowest BCUT2D eigenvalue weighted by Crippen LogP contribution is -2.27. The van der Waals surface area contributed by atoms with Crippen molar-refractivity contribution < 1.29 is 19.1 Å². The Labute approximate surface area is 159 Å². The first kappa shape index (κ1) is 19.3. The van der Waals surface area contributed by atoms with Crippen molar-refractivity contribution >= 4 is 57.8 Å². The highest BCUT2D eigenvalue weighted by molar-refractivity contribution is 8.26. The second-order valence-electron chi connectivity index (χ2n) is 4.87. The van der Waals surface area contributed by atoms with Crippen LogP contribution in [0.1, 0.15) is 5.56 Å². The number of amides is 2. The number of hydrogen-bond acceptors (Lipinski definition) is 6. The topological polar surface area (TPSA) is 81.9 Å². The maximum absolute atomic E-state index is 12.4. The van der Waals surface area contributed by atoms with Gasteiger partial charge in [-0.2, -0.15) is 0 Å². The summed E-state index contributed by atoms with van der Waals surface area (Å²) >= 11 is 12.6. The fraction of sp³-hybridized carbons (Fsp3) is 0.188. The Morgan fingerprint density at radius 2 is 2.24 bits per heavy atom. The number of benzene rings is 1. The molecule has 1 aliphatic heterocycles. The maximum atomic E-state index is 12.4. The highest BCUT2D eigenvalue weighted by Crippen LogP contribution is 2.38. The fourth-order valence-corrected chi connectivity index (χ4v) is 3.59. The molecule has 1 heterocycles. The van der Waals surface area contributed by atoms with Gasteiger partial charge in [-0.05, 0) is 23.8 Å². The average Bonchev–Trinajstić information content (AvgIpc) is 2.81. The first-order valence-corrected chi connectivity index (χ1v) is 8.62. The minimum Gasteiger partial charge on any atom is -0.493 e. The number of thioether (sulfide) groups is 1. The Morgan fingerprint density at radius 1 is 1.52 bits per heavy atom. The molecule has 0 atom stereocenters. The molecule has 2 rings (SSSR count). The smallest absolute Gasteiger partial charge is 0.266 e. The van der Waals surface area contributed by atoms with Crippen molar-refractivity contribution in [3.05, 3.63) is 40.3 Å². The number of nitrogens with two attached hydrogens (primary N) is 1. The predicted octanol–water partition coefficient (Wildman–Crippen LogP) is 2.60. The van der Waals surface area contributed by atoms with Crippen LogP contribution in [0.15, 0.2) is 29.7 Å². The van der Waals surface area contributed by atoms with Crippen molar-refractivity contribution in [3.63, 3.8) is 0 Å². The minimum absolute atomic E-state index is 0.195. The Balaban J connectivity index is 2.33. The van der Waals surface area contributed by atoms with E-state index in [0.717, 1.165) is 0 Å². The van der Waals surface area contributed by atoms with E-state index < -0.39 is 5.91 Å². The summed E-state index contributed by atoms with van der Waals surface area (Å²) in [6.45, 7) is 3.64. The van der Waals surface area contributed by atoms with Crippen LogP contribution in [0.2, 0.25) is 5.02 Å². The summed E-state index contributed by atoms with van der Waals surface area (Å²) < 4.78 is 11.0. The van der Waals surface area contributed by atoms with Crippen LogP contribution in [-0.4, -0.2) is 41.3 Å². The number of nitrogens with zero attached hydrogens (tertiary/aromatic N) is 1. The lowest BCUT2D eigenvalue weighted by Gasteiger charge is -2.12. The summed E-state index contributed by atoms with van der Waals surface area (Å²) in [5.74, 6) is -0.298. The van der Waals surface area contributed by atoms with Crippen LogP contribution < -0.4 is 15.2 Å². The van der Waals surface area contributed by atoms with E-state index in [9.17, 15) is 9.59 Å². The van der Waals surface area contributed by atoms with Gasteiger partial charge >= 0.3 is 0 Å². The average molecular weight is 399 g/mol. The van der Waals surface area contributed by atoms with Crippen molar-refractivity contribution in [2.45, 2.75) is 0 Å². The third kappa shape index (κ3) is 4.53. The molecule has 1 aromatic rings. The molecule has 6 nitrogen and oxygen atoms in total. The second kappa shape index (κ2) is 8.37. The molecule has 2 N–H and O–H groups in total. The standard InChI is InChI=1S/C16H15ClN2O4S2/c1-3-4-19-15(21)12(25-16(19)24)7-9-5-10(17)14(11(6-9)22-2)23-8-13(18)20/h3,5-7H,1,4,8H2,2H3,(H2,18,20)/b12-7-. The zero-order valence-electron chi connectivity index (χ0n) is 13.3. The number of primary amides is 1. The van der Waals surface area contributed by atoms with E-state index in [2.05, 4.69) is 6.58 Å². The third-order valence-electron chi connectivity index (χ3n) is 3.09. The lowest BCUT2D eigenvalue weighted by atomic mass is 10.1. The molecule has 1 aromatic carbocycles. The molecule has 2 amide bonds. The van der Waals surface area contributed by atoms with Crippen LogP contribution in [0, 0.1) is 0 Å². The molecule has 0 aliphatic carbocycles. The Bertz CT molecular complexity index is 780. The number of methoxy groups -OCH3 is 1. The van der Waals surface area contributed by atoms with Crippen LogP contribution in [0.25, 0.3) is 6.08 Å². The molecule has 0 unspecified atom stereocenters. The van der Waals surface area contributed by atoms with E-state index in [1.165, 1.54) is 23.8 Å². The molecular weight excluding hydrogens is 384 g/mol. The van der Waals surface area contributed by atoms with Crippen molar-refractivity contribution in [1.82, 2.24) is 4.90 Å². The number of carbonyl (C=O) groups is 2. The Kier molecular flexibility index (Phi) is 6.46. The number of carbonyl (C=O) groups excluding carboxylic acids is 2. The Morgan fingerprint density at radius 3 is 2.84 bits per heavy atom. The summed E-state index contributed by atoms with van der Waals surface area (Å²) in [5.41, 5.74) is 5.70. The SMILES string of the molecule is C=CCN1C(=O)/C(=C/c2cc(Cl)c(OCC(N)=O)c(OC)c2)SC1=S. The van der Waals surface area contributed by atoms with Crippen LogP contribution in [0.4, 0.5) is 0 Å². The van der Waals surface area contributed by atoms with E-state index in [4.69, 9.17) is 39.0 Å². The van der Waals surface area contributed by atoms with Crippen molar-refractivity contribution in [2.75, 3.05) is 20.3 Å². The molecule has 0 spiro atoms.